The first kappa shape index (κ1) is 26.4. The van der Waals surface area contributed by atoms with Crippen molar-refractivity contribution >= 4 is 45.5 Å². The van der Waals surface area contributed by atoms with E-state index in [0.29, 0.717) is 11.3 Å². The number of nitrogens with zero attached hydrogens (tertiary/aromatic N) is 2. The van der Waals surface area contributed by atoms with E-state index < -0.39 is 46.8 Å². The van der Waals surface area contributed by atoms with Crippen LogP contribution in [0.2, 0.25) is 0 Å². The van der Waals surface area contributed by atoms with Gasteiger partial charge in [0.2, 0.25) is 5.70 Å². The molecule has 4 rings (SSSR count). The molecule has 0 bridgehead atoms. The van der Waals surface area contributed by atoms with Gasteiger partial charge in [0, 0.05) is 5.75 Å². The van der Waals surface area contributed by atoms with Crippen LogP contribution < -0.4 is 5.32 Å². The number of thioether (sulfide) groups is 1. The number of benzene rings is 2. The zero-order valence-electron chi connectivity index (χ0n) is 19.4. The molecular weight excluding hydrogens is 562 g/mol. The number of ether oxygens (including phenoxy) is 1. The van der Waals surface area contributed by atoms with Gasteiger partial charge in [-0.2, -0.15) is 0 Å². The molecule has 2 N–H and O–H groups in total. The molecule has 2 amide bonds. The SMILES string of the molecule is C=CC1=C(C(=O)OC(c2ccccc2)c2ccccc2)N2C(=O)C(NC(=O)/C(N=O)=C(\O)CBr)C2SC1. The van der Waals surface area contributed by atoms with Gasteiger partial charge in [0.25, 0.3) is 11.8 Å². The quantitative estimate of drug-likeness (QED) is 0.114. The van der Waals surface area contributed by atoms with Crippen LogP contribution in [0.25, 0.3) is 0 Å². The maximum absolute atomic E-state index is 13.6. The van der Waals surface area contributed by atoms with Gasteiger partial charge in [0.05, 0.1) is 5.33 Å². The minimum absolute atomic E-state index is 0.0543. The fraction of sp³-hybridized carbons (Fsp3) is 0.192. The normalized spacial score (nSPS) is 19.4. The molecule has 0 spiro atoms. The summed E-state index contributed by atoms with van der Waals surface area (Å²) in [5, 5.41) is 14.0. The Morgan fingerprint density at radius 3 is 2.30 bits per heavy atom. The highest BCUT2D eigenvalue weighted by Gasteiger charge is 2.54. The van der Waals surface area contributed by atoms with Crippen LogP contribution in [-0.4, -0.2) is 50.3 Å². The minimum atomic E-state index is -1.02. The van der Waals surface area contributed by atoms with Crippen molar-refractivity contribution in [2.75, 3.05) is 11.1 Å². The molecule has 0 radical (unpaired) electrons. The van der Waals surface area contributed by atoms with Crippen molar-refractivity contribution in [1.29, 1.82) is 0 Å². The number of nitroso groups, excluding NO2 is 1. The predicted octanol–water partition coefficient (Wildman–Crippen LogP) is 4.09. The smallest absolute Gasteiger partial charge is 0.356 e. The topological polar surface area (TPSA) is 125 Å². The number of halogens is 1. The Bertz CT molecular complexity index is 1260. The second-order valence-corrected chi connectivity index (χ2v) is 9.73. The van der Waals surface area contributed by atoms with Crippen molar-refractivity contribution < 1.29 is 24.2 Å². The molecule has 37 heavy (non-hydrogen) atoms. The summed E-state index contributed by atoms with van der Waals surface area (Å²) in [7, 11) is 0. The highest BCUT2D eigenvalue weighted by Crippen LogP contribution is 2.42. The Balaban J connectivity index is 1.59. The second-order valence-electron chi connectivity index (χ2n) is 8.07. The molecule has 1 fully saturated rings. The molecule has 11 heteroatoms. The summed E-state index contributed by atoms with van der Waals surface area (Å²) < 4.78 is 5.98. The first-order chi connectivity index (χ1) is 17.9. The molecule has 0 saturated carbocycles. The molecule has 2 aromatic carbocycles. The summed E-state index contributed by atoms with van der Waals surface area (Å²) in [5.74, 6) is -2.46. The number of fused-ring (bicyclic) bond motifs is 1. The van der Waals surface area contributed by atoms with Crippen LogP contribution in [-0.2, 0) is 19.1 Å². The number of rotatable bonds is 9. The third-order valence-electron chi connectivity index (χ3n) is 5.86. The average molecular weight is 584 g/mol. The van der Waals surface area contributed by atoms with Crippen LogP contribution in [0.1, 0.15) is 17.2 Å². The molecule has 9 nitrogen and oxygen atoms in total. The standard InChI is InChI=1S/C26H22BrN3O6S/c1-2-15-14-37-25-20(28-23(32)19(29-35)18(31)13-27)24(33)30(25)21(15)26(34)36-22(16-9-5-3-6-10-16)17-11-7-4-8-12-17/h2-12,20,22,25,31H,1,13-14H2,(H,28,32)/b19-18+. The van der Waals surface area contributed by atoms with Crippen LogP contribution in [0.4, 0.5) is 0 Å². The Hall–Kier alpha value is -3.70. The van der Waals surface area contributed by atoms with Crippen molar-refractivity contribution in [2.45, 2.75) is 17.5 Å². The van der Waals surface area contributed by atoms with E-state index in [1.54, 1.807) is 0 Å². The largest absolute Gasteiger partial charge is 0.509 e. The zero-order valence-corrected chi connectivity index (χ0v) is 21.8. The number of β-lactam (4-membered cyclic amide) rings is 1. The van der Waals surface area contributed by atoms with Gasteiger partial charge < -0.3 is 15.2 Å². The maximum Gasteiger partial charge on any atom is 0.356 e. The Morgan fingerprint density at radius 2 is 1.78 bits per heavy atom. The van der Waals surface area contributed by atoms with Crippen molar-refractivity contribution in [3.05, 3.63) is 112 Å². The number of aliphatic hydroxyl groups is 1. The first-order valence-corrected chi connectivity index (χ1v) is 13.3. The maximum atomic E-state index is 13.6. The van der Waals surface area contributed by atoms with Crippen molar-refractivity contribution in [1.82, 2.24) is 10.2 Å². The third kappa shape index (κ3) is 5.23. The molecule has 2 unspecified atom stereocenters. The van der Waals surface area contributed by atoms with E-state index in [9.17, 15) is 24.4 Å². The number of aliphatic hydroxyl groups excluding tert-OH is 1. The molecule has 2 aliphatic heterocycles. The molecule has 0 aliphatic carbocycles. The van der Waals surface area contributed by atoms with Crippen LogP contribution in [0.3, 0.4) is 0 Å². The monoisotopic (exact) mass is 583 g/mol. The van der Waals surface area contributed by atoms with Crippen LogP contribution in [0.15, 0.2) is 101 Å². The second kappa shape index (κ2) is 11.6. The Labute approximate surface area is 225 Å². The van der Waals surface area contributed by atoms with Gasteiger partial charge in [-0.15, -0.1) is 16.7 Å². The van der Waals surface area contributed by atoms with E-state index in [1.807, 2.05) is 60.7 Å². The number of hydrogen-bond donors (Lipinski definition) is 2. The Morgan fingerprint density at radius 1 is 1.19 bits per heavy atom. The van der Waals surface area contributed by atoms with Crippen LogP contribution in [0, 0.1) is 4.91 Å². The lowest BCUT2D eigenvalue weighted by molar-refractivity contribution is -0.154. The van der Waals surface area contributed by atoms with Gasteiger partial charge >= 0.3 is 5.97 Å². The molecule has 1 saturated heterocycles. The van der Waals surface area contributed by atoms with Crippen LogP contribution in [0.5, 0.6) is 0 Å². The van der Waals surface area contributed by atoms with Crippen molar-refractivity contribution in [3.8, 4) is 0 Å². The number of nitrogens with one attached hydrogen (secondary N) is 1. The van der Waals surface area contributed by atoms with E-state index >= 15 is 0 Å². The number of esters is 1. The van der Waals surface area contributed by atoms with E-state index in [-0.39, 0.29) is 11.0 Å². The lowest BCUT2D eigenvalue weighted by Crippen LogP contribution is -2.70. The fourth-order valence-electron chi connectivity index (χ4n) is 4.03. The fourth-order valence-corrected chi connectivity index (χ4v) is 5.64. The molecule has 0 aromatic heterocycles. The number of alkyl halides is 1. The number of amides is 2. The summed E-state index contributed by atoms with van der Waals surface area (Å²) in [6, 6.07) is 17.5. The summed E-state index contributed by atoms with van der Waals surface area (Å²) in [4.78, 5) is 51.4. The first-order valence-electron chi connectivity index (χ1n) is 11.1. The highest BCUT2D eigenvalue weighted by molar-refractivity contribution is 9.09. The summed E-state index contributed by atoms with van der Waals surface area (Å²) >= 11 is 4.27. The zero-order chi connectivity index (χ0) is 26.5. The van der Waals surface area contributed by atoms with Crippen molar-refractivity contribution in [2.24, 2.45) is 5.18 Å². The highest BCUT2D eigenvalue weighted by atomic mass is 79.9. The number of carbonyl (C=O) groups is 3. The van der Waals surface area contributed by atoms with Crippen molar-refractivity contribution in [3.63, 3.8) is 0 Å². The molecule has 2 aliphatic rings. The van der Waals surface area contributed by atoms with Gasteiger partial charge in [-0.05, 0) is 21.9 Å². The van der Waals surface area contributed by atoms with E-state index in [2.05, 4.69) is 33.0 Å². The van der Waals surface area contributed by atoms with E-state index in [4.69, 9.17) is 4.74 Å². The summed E-state index contributed by atoms with van der Waals surface area (Å²) in [6.07, 6.45) is 0.788. The van der Waals surface area contributed by atoms with Crippen LogP contribution >= 0.6 is 27.7 Å². The van der Waals surface area contributed by atoms with Gasteiger partial charge in [-0.3, -0.25) is 14.5 Å². The third-order valence-corrected chi connectivity index (χ3v) is 7.69. The Kier molecular flexibility index (Phi) is 8.24. The lowest BCUT2D eigenvalue weighted by atomic mass is 10.0. The summed E-state index contributed by atoms with van der Waals surface area (Å²) in [6.45, 7) is 3.78. The lowest BCUT2D eigenvalue weighted by Gasteiger charge is -2.49. The molecular formula is C26H22BrN3O6S. The van der Waals surface area contributed by atoms with E-state index in [1.165, 1.54) is 22.7 Å². The van der Waals surface area contributed by atoms with Gasteiger partial charge in [-0.25, -0.2) is 4.79 Å². The average Bonchev–Trinajstić information content (AvgIpc) is 2.94. The molecule has 190 valence electrons. The number of carbonyl (C=O) groups excluding carboxylic acids is 3. The van der Waals surface area contributed by atoms with Gasteiger partial charge in [0.1, 0.15) is 22.9 Å². The molecule has 2 heterocycles. The van der Waals surface area contributed by atoms with Gasteiger partial charge in [0.15, 0.2) is 6.10 Å². The predicted molar refractivity (Wildman–Crippen MR) is 142 cm³/mol. The van der Waals surface area contributed by atoms with Gasteiger partial charge in [-0.1, -0.05) is 89.2 Å². The molecule has 2 aromatic rings. The van der Waals surface area contributed by atoms with E-state index in [0.717, 1.165) is 11.1 Å². The summed E-state index contributed by atoms with van der Waals surface area (Å²) in [5.41, 5.74) is 1.38. The number of hydrogen-bond acceptors (Lipinski definition) is 8. The molecule has 2 atom stereocenters. The number of allylic oxidation sites excluding steroid dienone is 2. The minimum Gasteiger partial charge on any atom is -0.509 e.